The number of piperazine rings is 1. The summed E-state index contributed by atoms with van der Waals surface area (Å²) in [7, 11) is -1.58. The first-order valence-corrected chi connectivity index (χ1v) is 10.6. The standard InChI is InChI=1S/C19H25N3O4S/c1-14-13-18(15(2)22(14)16-5-7-17(26-3)8-6-16)19(23)20-9-11-21(12-10-20)27(4,24)25/h5-8,13H,9-12H2,1-4H3. The van der Waals surface area contributed by atoms with Gasteiger partial charge >= 0.3 is 0 Å². The first-order chi connectivity index (χ1) is 12.7. The molecule has 0 bridgehead atoms. The SMILES string of the molecule is COc1ccc(-n2c(C)cc(C(=O)N3CCN(S(C)(=O)=O)CC3)c2C)cc1. The smallest absolute Gasteiger partial charge is 0.255 e. The summed E-state index contributed by atoms with van der Waals surface area (Å²) in [6, 6.07) is 9.58. The monoisotopic (exact) mass is 391 g/mol. The van der Waals surface area contributed by atoms with Gasteiger partial charge in [0.15, 0.2) is 0 Å². The molecule has 0 spiro atoms. The van der Waals surface area contributed by atoms with Gasteiger partial charge in [-0.1, -0.05) is 0 Å². The maximum atomic E-state index is 13.0. The van der Waals surface area contributed by atoms with Crippen molar-refractivity contribution in [1.82, 2.24) is 13.8 Å². The Balaban J connectivity index is 1.82. The van der Waals surface area contributed by atoms with E-state index in [-0.39, 0.29) is 5.91 Å². The molecule has 1 aliphatic heterocycles. The normalized spacial score (nSPS) is 15.8. The molecule has 0 aliphatic carbocycles. The van der Waals surface area contributed by atoms with Crippen LogP contribution in [0, 0.1) is 13.8 Å². The molecule has 8 heteroatoms. The van der Waals surface area contributed by atoms with Gasteiger partial charge in [0.2, 0.25) is 10.0 Å². The van der Waals surface area contributed by atoms with Gasteiger partial charge in [-0.15, -0.1) is 0 Å². The molecule has 2 aromatic rings. The number of carbonyl (C=O) groups excluding carboxylic acids is 1. The first kappa shape index (κ1) is 19.4. The summed E-state index contributed by atoms with van der Waals surface area (Å²) in [5.74, 6) is 0.720. The summed E-state index contributed by atoms with van der Waals surface area (Å²) in [5.41, 5.74) is 3.45. The number of hydrogen-bond donors (Lipinski definition) is 0. The van der Waals surface area contributed by atoms with Crippen LogP contribution in [0.4, 0.5) is 0 Å². The molecule has 27 heavy (non-hydrogen) atoms. The molecule has 1 aromatic carbocycles. The van der Waals surface area contributed by atoms with E-state index in [9.17, 15) is 13.2 Å². The minimum atomic E-state index is -3.21. The third-order valence-electron chi connectivity index (χ3n) is 4.99. The summed E-state index contributed by atoms with van der Waals surface area (Å²) in [6.45, 7) is 5.37. The van der Waals surface area contributed by atoms with Crippen LogP contribution in [0.25, 0.3) is 5.69 Å². The zero-order valence-corrected chi connectivity index (χ0v) is 16.9. The molecule has 0 radical (unpaired) electrons. The minimum absolute atomic E-state index is 0.0592. The van der Waals surface area contributed by atoms with Gasteiger partial charge in [0, 0.05) is 43.3 Å². The Morgan fingerprint density at radius 2 is 1.63 bits per heavy atom. The number of hydrogen-bond acceptors (Lipinski definition) is 4. The molecule has 1 amide bonds. The Morgan fingerprint density at radius 1 is 1.04 bits per heavy atom. The Hall–Kier alpha value is -2.32. The van der Waals surface area contributed by atoms with Crippen LogP contribution in [0.5, 0.6) is 5.75 Å². The van der Waals surface area contributed by atoms with E-state index in [2.05, 4.69) is 0 Å². The van der Waals surface area contributed by atoms with E-state index in [0.29, 0.717) is 31.7 Å². The molecule has 3 rings (SSSR count). The van der Waals surface area contributed by atoms with Crippen molar-refractivity contribution in [1.29, 1.82) is 0 Å². The first-order valence-electron chi connectivity index (χ1n) is 8.80. The number of amides is 1. The van der Waals surface area contributed by atoms with Crippen LogP contribution >= 0.6 is 0 Å². The highest BCUT2D eigenvalue weighted by Crippen LogP contribution is 2.24. The van der Waals surface area contributed by atoms with Crippen LogP contribution in [-0.2, 0) is 10.0 Å². The molecule has 1 aromatic heterocycles. The van der Waals surface area contributed by atoms with Crippen LogP contribution in [0.15, 0.2) is 30.3 Å². The lowest BCUT2D eigenvalue weighted by molar-refractivity contribution is 0.0697. The summed E-state index contributed by atoms with van der Waals surface area (Å²) < 4.78 is 32.0. The van der Waals surface area contributed by atoms with Gasteiger partial charge in [-0.3, -0.25) is 4.79 Å². The van der Waals surface area contributed by atoms with E-state index in [4.69, 9.17) is 4.74 Å². The summed E-state index contributed by atoms with van der Waals surface area (Å²) in [5, 5.41) is 0. The van der Waals surface area contributed by atoms with E-state index in [1.165, 1.54) is 10.6 Å². The third-order valence-corrected chi connectivity index (χ3v) is 6.29. The quantitative estimate of drug-likeness (QED) is 0.797. The highest BCUT2D eigenvalue weighted by molar-refractivity contribution is 7.88. The Labute approximate surface area is 160 Å². The average molecular weight is 391 g/mol. The maximum Gasteiger partial charge on any atom is 0.255 e. The number of sulfonamides is 1. The Morgan fingerprint density at radius 3 is 2.15 bits per heavy atom. The topological polar surface area (TPSA) is 71.8 Å². The average Bonchev–Trinajstić information content (AvgIpc) is 2.95. The molecule has 146 valence electrons. The van der Waals surface area contributed by atoms with Crippen LogP contribution < -0.4 is 4.74 Å². The molecular weight excluding hydrogens is 366 g/mol. The van der Waals surface area contributed by atoms with Gasteiger partial charge in [0.25, 0.3) is 5.91 Å². The van der Waals surface area contributed by atoms with Crippen LogP contribution in [-0.4, -0.2) is 67.6 Å². The van der Waals surface area contributed by atoms with Gasteiger partial charge in [0.1, 0.15) is 5.75 Å². The summed E-state index contributed by atoms with van der Waals surface area (Å²) >= 11 is 0. The number of methoxy groups -OCH3 is 1. The number of carbonyl (C=O) groups is 1. The second kappa shape index (κ2) is 7.36. The van der Waals surface area contributed by atoms with E-state index in [0.717, 1.165) is 22.8 Å². The molecule has 0 saturated carbocycles. The van der Waals surface area contributed by atoms with Gasteiger partial charge in [-0.2, -0.15) is 4.31 Å². The molecule has 7 nitrogen and oxygen atoms in total. The fourth-order valence-corrected chi connectivity index (χ4v) is 4.33. The predicted octanol–water partition coefficient (Wildman–Crippen LogP) is 1.82. The van der Waals surface area contributed by atoms with Crippen molar-refractivity contribution in [2.45, 2.75) is 13.8 Å². The van der Waals surface area contributed by atoms with Crippen molar-refractivity contribution in [3.8, 4) is 11.4 Å². The lowest BCUT2D eigenvalue weighted by atomic mass is 10.2. The number of nitrogens with zero attached hydrogens (tertiary/aromatic N) is 3. The van der Waals surface area contributed by atoms with Crippen molar-refractivity contribution >= 4 is 15.9 Å². The van der Waals surface area contributed by atoms with Crippen LogP contribution in [0.2, 0.25) is 0 Å². The van der Waals surface area contributed by atoms with Gasteiger partial charge in [-0.05, 0) is 44.2 Å². The molecule has 1 fully saturated rings. The van der Waals surface area contributed by atoms with Crippen molar-refractivity contribution in [2.24, 2.45) is 0 Å². The van der Waals surface area contributed by atoms with Crippen molar-refractivity contribution < 1.29 is 17.9 Å². The second-order valence-corrected chi connectivity index (χ2v) is 8.75. The van der Waals surface area contributed by atoms with Crippen LogP contribution in [0.3, 0.4) is 0 Å². The lowest BCUT2D eigenvalue weighted by Crippen LogP contribution is -2.50. The molecule has 2 heterocycles. The molecule has 0 atom stereocenters. The van der Waals surface area contributed by atoms with Crippen molar-refractivity contribution in [3.63, 3.8) is 0 Å². The molecule has 0 N–H and O–H groups in total. The van der Waals surface area contributed by atoms with E-state index >= 15 is 0 Å². The zero-order chi connectivity index (χ0) is 19.8. The second-order valence-electron chi connectivity index (χ2n) is 6.77. The fourth-order valence-electron chi connectivity index (χ4n) is 3.50. The number of ether oxygens (including phenoxy) is 1. The fraction of sp³-hybridized carbons (Fsp3) is 0.421. The summed E-state index contributed by atoms with van der Waals surface area (Å²) in [6.07, 6.45) is 1.20. The molecular formula is C19H25N3O4S. The minimum Gasteiger partial charge on any atom is -0.497 e. The van der Waals surface area contributed by atoms with Crippen molar-refractivity contribution in [2.75, 3.05) is 39.5 Å². The highest BCUT2D eigenvalue weighted by atomic mass is 32.2. The number of aromatic nitrogens is 1. The van der Waals surface area contributed by atoms with Gasteiger partial charge in [0.05, 0.1) is 18.9 Å². The molecule has 1 saturated heterocycles. The van der Waals surface area contributed by atoms with Gasteiger partial charge < -0.3 is 14.2 Å². The van der Waals surface area contributed by atoms with Gasteiger partial charge in [-0.25, -0.2) is 8.42 Å². The predicted molar refractivity (Wildman–Crippen MR) is 104 cm³/mol. The van der Waals surface area contributed by atoms with Crippen LogP contribution in [0.1, 0.15) is 21.7 Å². The molecule has 1 aliphatic rings. The van der Waals surface area contributed by atoms with E-state index < -0.39 is 10.0 Å². The zero-order valence-electron chi connectivity index (χ0n) is 16.1. The number of aryl methyl sites for hydroxylation is 1. The highest BCUT2D eigenvalue weighted by Gasteiger charge is 2.28. The molecule has 0 unspecified atom stereocenters. The number of rotatable bonds is 4. The number of benzene rings is 1. The Bertz CT molecular complexity index is 940. The largest absolute Gasteiger partial charge is 0.497 e. The van der Waals surface area contributed by atoms with Crippen molar-refractivity contribution in [3.05, 3.63) is 47.3 Å². The maximum absolute atomic E-state index is 13.0. The van der Waals surface area contributed by atoms with E-state index in [1.807, 2.05) is 48.7 Å². The lowest BCUT2D eigenvalue weighted by Gasteiger charge is -2.33. The third kappa shape index (κ3) is 3.86. The van der Waals surface area contributed by atoms with E-state index in [1.54, 1.807) is 12.0 Å². The summed E-state index contributed by atoms with van der Waals surface area (Å²) in [4.78, 5) is 14.7. The Kier molecular flexibility index (Phi) is 5.30.